The lowest BCUT2D eigenvalue weighted by molar-refractivity contribution is -0.0283. The highest BCUT2D eigenvalue weighted by Gasteiger charge is 2.29. The Morgan fingerprint density at radius 2 is 0.721 bits per heavy atom. The van der Waals surface area contributed by atoms with Gasteiger partial charge in [-0.25, -0.2) is 4.79 Å². The highest BCUT2D eigenvalue weighted by molar-refractivity contribution is 14.1. The van der Waals surface area contributed by atoms with Gasteiger partial charge in [-0.05, 0) is 39.5 Å². The van der Waals surface area contributed by atoms with Crippen LogP contribution in [0, 0.1) is 0 Å². The monoisotopic (exact) mass is 977 g/mol. The minimum atomic E-state index is -0.452. The predicted octanol–water partition coefficient (Wildman–Crippen LogP) is 5.72. The molecule has 1 aliphatic rings. The minimum absolute atomic E-state index is 0.0356. The van der Waals surface area contributed by atoms with Crippen LogP contribution in [0.4, 0.5) is 4.79 Å². The van der Waals surface area contributed by atoms with Crippen molar-refractivity contribution < 1.29 is 66.4 Å². The summed E-state index contributed by atoms with van der Waals surface area (Å²) >= 11 is 2.42. The fraction of sp³-hybridized carbons (Fsp3) is 0.711. The van der Waals surface area contributed by atoms with Gasteiger partial charge >= 0.3 is 6.09 Å². The highest BCUT2D eigenvalue weighted by atomic mass is 127. The summed E-state index contributed by atoms with van der Waals surface area (Å²) in [5.41, 5.74) is 4.77. The molecule has 15 nitrogen and oxygen atoms in total. The number of nitrogens with one attached hydrogen (secondary N) is 1. The first kappa shape index (κ1) is 53.3. The number of carbonyl (C=O) groups excluding carboxylic acids is 1. The molecule has 1 amide bonds. The van der Waals surface area contributed by atoms with Crippen LogP contribution < -0.4 is 5.32 Å². The van der Waals surface area contributed by atoms with Crippen LogP contribution in [0.2, 0.25) is 0 Å². The second-order valence-electron chi connectivity index (χ2n) is 13.7. The maximum Gasteiger partial charge on any atom is 0.407 e. The Morgan fingerprint density at radius 3 is 1.08 bits per heavy atom. The first-order valence-corrected chi connectivity index (χ1v) is 23.4. The smallest absolute Gasteiger partial charge is 0.407 e. The Kier molecular flexibility index (Phi) is 34.6. The fourth-order valence-electron chi connectivity index (χ4n) is 6.05. The summed E-state index contributed by atoms with van der Waals surface area (Å²) in [5.74, 6) is 0.0356. The van der Waals surface area contributed by atoms with Gasteiger partial charge in [0.1, 0.15) is 6.61 Å². The van der Waals surface area contributed by atoms with Crippen molar-refractivity contribution in [2.75, 3.05) is 176 Å². The molecule has 0 aromatic heterocycles. The third kappa shape index (κ3) is 27.7. The van der Waals surface area contributed by atoms with Crippen LogP contribution in [-0.2, 0) is 61.6 Å². The molecule has 2 aromatic carbocycles. The van der Waals surface area contributed by atoms with Crippen molar-refractivity contribution in [3.05, 3.63) is 59.7 Å². The minimum Gasteiger partial charge on any atom is -0.449 e. The van der Waals surface area contributed by atoms with Crippen LogP contribution >= 0.6 is 22.6 Å². The molecule has 61 heavy (non-hydrogen) atoms. The standard InChI is InChI=1S/C45H72INO14/c46-13-7-1-2-8-15-49-17-19-51-21-23-53-25-27-55-29-31-57-33-35-59-37-38-60-36-34-58-32-30-56-28-26-54-24-22-52-20-18-50-16-14-47-45(48)61-39-44-42-11-5-3-9-40(42)41-10-4-6-12-43(41)44/h3-6,9-12,44H,1-2,7-8,13-39H2,(H,47,48). The third-order valence-electron chi connectivity index (χ3n) is 9.12. The summed E-state index contributed by atoms with van der Waals surface area (Å²) in [6.45, 7) is 13.0. The predicted molar refractivity (Wildman–Crippen MR) is 240 cm³/mol. The molecule has 2 aromatic rings. The maximum atomic E-state index is 12.3. The molecule has 0 atom stereocenters. The zero-order valence-electron chi connectivity index (χ0n) is 36.2. The number of halogens is 1. The van der Waals surface area contributed by atoms with Gasteiger partial charge in [-0.2, -0.15) is 0 Å². The molecule has 0 saturated carbocycles. The normalized spacial score (nSPS) is 12.2. The number of amides is 1. The van der Waals surface area contributed by atoms with Crippen molar-refractivity contribution in [2.45, 2.75) is 31.6 Å². The van der Waals surface area contributed by atoms with Crippen LogP contribution in [0.5, 0.6) is 0 Å². The molecule has 16 heteroatoms. The van der Waals surface area contributed by atoms with Crippen molar-refractivity contribution in [1.29, 1.82) is 0 Å². The molecule has 348 valence electrons. The third-order valence-corrected chi connectivity index (χ3v) is 9.89. The van der Waals surface area contributed by atoms with Gasteiger partial charge in [0.2, 0.25) is 0 Å². The molecule has 0 radical (unpaired) electrons. The van der Waals surface area contributed by atoms with Crippen LogP contribution in [0.25, 0.3) is 11.1 Å². The number of hydrogen-bond acceptors (Lipinski definition) is 14. The Labute approximate surface area is 377 Å². The lowest BCUT2D eigenvalue weighted by atomic mass is 9.98. The van der Waals surface area contributed by atoms with Crippen LogP contribution in [-0.4, -0.2) is 182 Å². The van der Waals surface area contributed by atoms with Gasteiger partial charge in [-0.1, -0.05) is 84.0 Å². The zero-order chi connectivity index (χ0) is 42.9. The van der Waals surface area contributed by atoms with Gasteiger partial charge in [-0.3, -0.25) is 0 Å². The highest BCUT2D eigenvalue weighted by Crippen LogP contribution is 2.44. The van der Waals surface area contributed by atoms with Crippen molar-refractivity contribution >= 4 is 28.7 Å². The second kappa shape index (κ2) is 39.5. The van der Waals surface area contributed by atoms with E-state index >= 15 is 0 Å². The van der Waals surface area contributed by atoms with Gasteiger partial charge in [0.05, 0.1) is 152 Å². The van der Waals surface area contributed by atoms with E-state index in [4.69, 9.17) is 61.6 Å². The van der Waals surface area contributed by atoms with Crippen LogP contribution in [0.3, 0.4) is 0 Å². The average Bonchev–Trinajstić information content (AvgIpc) is 3.60. The summed E-state index contributed by atoms with van der Waals surface area (Å²) in [5, 5.41) is 2.75. The molecule has 0 unspecified atom stereocenters. The summed E-state index contributed by atoms with van der Waals surface area (Å²) < 4.78 is 73.0. The Balaban J connectivity index is 0.915. The lowest BCUT2D eigenvalue weighted by Gasteiger charge is -2.14. The summed E-state index contributed by atoms with van der Waals surface area (Å²) in [4.78, 5) is 12.3. The van der Waals surface area contributed by atoms with E-state index < -0.39 is 6.09 Å². The van der Waals surface area contributed by atoms with Gasteiger partial charge in [0.25, 0.3) is 0 Å². The van der Waals surface area contributed by atoms with E-state index in [2.05, 4.69) is 52.2 Å². The van der Waals surface area contributed by atoms with Crippen molar-refractivity contribution in [1.82, 2.24) is 5.32 Å². The molecular formula is C45H72INO14. The number of fused-ring (bicyclic) bond motifs is 3. The number of hydrogen-bond donors (Lipinski definition) is 1. The van der Waals surface area contributed by atoms with E-state index in [1.807, 2.05) is 24.3 Å². The van der Waals surface area contributed by atoms with E-state index in [0.717, 1.165) is 13.0 Å². The molecule has 1 N–H and O–H groups in total. The Bertz CT molecular complexity index is 1270. The summed E-state index contributed by atoms with van der Waals surface area (Å²) in [6.07, 6.45) is 4.51. The largest absolute Gasteiger partial charge is 0.449 e. The first-order valence-electron chi connectivity index (χ1n) is 21.9. The fourth-order valence-corrected chi connectivity index (χ4v) is 6.59. The topological polar surface area (TPSA) is 149 Å². The first-order chi connectivity index (χ1) is 30.3. The number of unbranched alkanes of at least 4 members (excludes halogenated alkanes) is 3. The van der Waals surface area contributed by atoms with Crippen molar-refractivity contribution in [2.24, 2.45) is 0 Å². The van der Waals surface area contributed by atoms with E-state index in [-0.39, 0.29) is 12.5 Å². The van der Waals surface area contributed by atoms with Crippen LogP contribution in [0.15, 0.2) is 48.5 Å². The van der Waals surface area contributed by atoms with E-state index in [1.54, 1.807) is 0 Å². The Hall–Kier alpha value is -2.04. The van der Waals surface area contributed by atoms with Crippen molar-refractivity contribution in [3.63, 3.8) is 0 Å². The quantitative estimate of drug-likeness (QED) is 0.0491. The van der Waals surface area contributed by atoms with E-state index in [1.165, 1.54) is 45.9 Å². The number of carbonyl (C=O) groups is 1. The zero-order valence-corrected chi connectivity index (χ0v) is 38.4. The molecule has 1 aliphatic carbocycles. The average molecular weight is 978 g/mol. The molecule has 3 rings (SSSR count). The SMILES string of the molecule is O=C(NCCOCCOCCOCCOCCOCCOCCOCCOCCOCCOCCOCCOCCCCCCI)OCC1c2ccccc2-c2ccccc21. The number of alkyl halides is 1. The molecule has 0 saturated heterocycles. The molecule has 0 aliphatic heterocycles. The number of rotatable bonds is 44. The van der Waals surface area contributed by atoms with E-state index in [9.17, 15) is 4.79 Å². The lowest BCUT2D eigenvalue weighted by Crippen LogP contribution is -2.29. The van der Waals surface area contributed by atoms with Crippen molar-refractivity contribution in [3.8, 4) is 11.1 Å². The van der Waals surface area contributed by atoms with Gasteiger partial charge in [-0.15, -0.1) is 0 Å². The Morgan fingerprint density at radius 1 is 0.410 bits per heavy atom. The number of alkyl carbamates (subject to hydrolysis) is 1. The van der Waals surface area contributed by atoms with Gasteiger partial charge in [0.15, 0.2) is 0 Å². The van der Waals surface area contributed by atoms with Crippen LogP contribution in [0.1, 0.15) is 42.7 Å². The second-order valence-corrected chi connectivity index (χ2v) is 14.8. The molecule has 0 bridgehead atoms. The molecule has 0 heterocycles. The summed E-state index contributed by atoms with van der Waals surface area (Å²) in [7, 11) is 0. The number of benzene rings is 2. The maximum absolute atomic E-state index is 12.3. The van der Waals surface area contributed by atoms with E-state index in [0.29, 0.717) is 159 Å². The molecule has 0 fully saturated rings. The molecule has 0 spiro atoms. The van der Waals surface area contributed by atoms with Gasteiger partial charge < -0.3 is 66.9 Å². The van der Waals surface area contributed by atoms with Gasteiger partial charge in [0, 0.05) is 19.1 Å². The summed E-state index contributed by atoms with van der Waals surface area (Å²) in [6, 6.07) is 16.5. The number of ether oxygens (including phenoxy) is 13. The molecular weight excluding hydrogens is 905 g/mol.